The molecule has 2 N–H and O–H groups in total. The lowest BCUT2D eigenvalue weighted by Crippen LogP contribution is -1.97. The minimum Gasteiger partial charge on any atom is -0.503 e. The Morgan fingerprint density at radius 3 is 2.54 bits per heavy atom. The molecule has 0 atom stereocenters. The molecule has 1 heterocycles. The van der Waals surface area contributed by atoms with Crippen LogP contribution in [0.15, 0.2) is 42.6 Å². The Kier molecular flexibility index (Phi) is 4.59. The van der Waals surface area contributed by atoms with Crippen molar-refractivity contribution in [1.82, 2.24) is 4.98 Å². The smallest absolute Gasteiger partial charge is 0.209 e. The lowest BCUT2D eigenvalue weighted by molar-refractivity contribution is -0.179. The number of aromatic nitrogens is 1. The summed E-state index contributed by atoms with van der Waals surface area (Å²) >= 11 is 0. The van der Waals surface area contributed by atoms with Gasteiger partial charge in [0.25, 0.3) is 0 Å². The summed E-state index contributed by atoms with van der Waals surface area (Å²) in [7, 11) is 1.32. The van der Waals surface area contributed by atoms with Gasteiger partial charge in [0.1, 0.15) is 11.3 Å². The van der Waals surface area contributed by atoms with Crippen molar-refractivity contribution < 1.29 is 24.4 Å². The zero-order chi connectivity index (χ0) is 17.1. The second-order valence-electron chi connectivity index (χ2n) is 5.33. The molecule has 0 saturated carbocycles. The van der Waals surface area contributed by atoms with Crippen LogP contribution in [0.5, 0.6) is 11.5 Å². The van der Waals surface area contributed by atoms with Gasteiger partial charge in [0.15, 0.2) is 5.75 Å². The van der Waals surface area contributed by atoms with E-state index in [-0.39, 0.29) is 23.9 Å². The largest absolute Gasteiger partial charge is 0.503 e. The van der Waals surface area contributed by atoms with Gasteiger partial charge in [-0.15, -0.1) is 0 Å². The molecule has 0 aliphatic heterocycles. The number of rotatable bonds is 5. The molecule has 0 saturated heterocycles. The first kappa shape index (κ1) is 16.2. The molecule has 5 nitrogen and oxygen atoms in total. The van der Waals surface area contributed by atoms with Crippen LogP contribution in [-0.4, -0.2) is 22.3 Å². The molecule has 24 heavy (non-hydrogen) atoms. The van der Waals surface area contributed by atoms with Crippen molar-refractivity contribution in [1.29, 1.82) is 0 Å². The van der Waals surface area contributed by atoms with Gasteiger partial charge in [-0.1, -0.05) is 12.1 Å². The summed E-state index contributed by atoms with van der Waals surface area (Å²) in [5.41, 5.74) is 2.69. The van der Waals surface area contributed by atoms with Crippen LogP contribution in [-0.2, 0) is 17.9 Å². The molecule has 6 heteroatoms. The summed E-state index contributed by atoms with van der Waals surface area (Å²) in [6.07, 6.45) is 2.19. The van der Waals surface area contributed by atoms with Crippen molar-refractivity contribution in [3.8, 4) is 11.5 Å². The Balaban J connectivity index is 2.03. The predicted molar refractivity (Wildman–Crippen MR) is 86.2 cm³/mol. The summed E-state index contributed by atoms with van der Waals surface area (Å²) in [6, 6.07) is 9.57. The van der Waals surface area contributed by atoms with E-state index in [1.165, 1.54) is 25.3 Å². The number of hydrogen-bond acceptors (Lipinski definition) is 5. The molecule has 0 radical (unpaired) electrons. The van der Waals surface area contributed by atoms with Crippen molar-refractivity contribution >= 4 is 10.9 Å². The van der Waals surface area contributed by atoms with Gasteiger partial charge in [-0.2, -0.15) is 4.89 Å². The molecule has 0 amide bonds. The van der Waals surface area contributed by atoms with Crippen molar-refractivity contribution in [2.75, 3.05) is 7.11 Å². The van der Waals surface area contributed by atoms with E-state index in [0.29, 0.717) is 22.9 Å². The standard InChI is InChI=1S/C18H16FNO4/c1-23-24-16-8-13(10-21)15-7-12(9-20-17(15)18(16)22)6-11-2-4-14(19)5-3-11/h2-5,7-9,21-22H,6,10H2,1H3. The third kappa shape index (κ3) is 3.15. The van der Waals surface area contributed by atoms with Gasteiger partial charge in [0.2, 0.25) is 5.75 Å². The Morgan fingerprint density at radius 1 is 1.12 bits per heavy atom. The Labute approximate surface area is 137 Å². The van der Waals surface area contributed by atoms with Crippen molar-refractivity contribution in [2.24, 2.45) is 0 Å². The van der Waals surface area contributed by atoms with Crippen LogP contribution in [0.3, 0.4) is 0 Å². The van der Waals surface area contributed by atoms with Crippen LogP contribution >= 0.6 is 0 Å². The highest BCUT2D eigenvalue weighted by Crippen LogP contribution is 2.36. The molecule has 1 aromatic heterocycles. The summed E-state index contributed by atoms with van der Waals surface area (Å²) in [6.45, 7) is -0.238. The van der Waals surface area contributed by atoms with Gasteiger partial charge < -0.3 is 15.1 Å². The fraction of sp³-hybridized carbons (Fsp3) is 0.167. The normalized spacial score (nSPS) is 11.0. The molecule has 0 bridgehead atoms. The maximum atomic E-state index is 13.0. The SMILES string of the molecule is COOc1cc(CO)c2cc(Cc3ccc(F)cc3)cnc2c1O. The second kappa shape index (κ2) is 6.82. The Hall–Kier alpha value is -2.70. The topological polar surface area (TPSA) is 71.8 Å². The van der Waals surface area contributed by atoms with Crippen molar-refractivity contribution in [3.05, 3.63) is 65.1 Å². The highest BCUT2D eigenvalue weighted by molar-refractivity contribution is 5.90. The summed E-state index contributed by atoms with van der Waals surface area (Å²) in [4.78, 5) is 13.7. The Bertz CT molecular complexity index is 865. The van der Waals surface area contributed by atoms with E-state index in [4.69, 9.17) is 4.89 Å². The van der Waals surface area contributed by atoms with Crippen LogP contribution in [0.2, 0.25) is 0 Å². The zero-order valence-electron chi connectivity index (χ0n) is 13.0. The minimum absolute atomic E-state index is 0.0906. The molecule has 2 aromatic carbocycles. The average molecular weight is 329 g/mol. The lowest BCUT2D eigenvalue weighted by Gasteiger charge is -2.11. The average Bonchev–Trinajstić information content (AvgIpc) is 2.59. The van der Waals surface area contributed by atoms with E-state index in [1.807, 2.05) is 6.07 Å². The lowest BCUT2D eigenvalue weighted by atomic mass is 10.0. The number of phenolic OH excluding ortho intramolecular Hbond substituents is 1. The van der Waals surface area contributed by atoms with E-state index < -0.39 is 0 Å². The predicted octanol–water partition coefficient (Wildman–Crippen LogP) is 3.10. The third-order valence-corrected chi connectivity index (χ3v) is 3.72. The number of pyridine rings is 1. The van der Waals surface area contributed by atoms with E-state index in [9.17, 15) is 14.6 Å². The first-order chi connectivity index (χ1) is 11.6. The summed E-state index contributed by atoms with van der Waals surface area (Å²) in [5.74, 6) is -0.348. The second-order valence-corrected chi connectivity index (χ2v) is 5.33. The third-order valence-electron chi connectivity index (χ3n) is 3.72. The first-order valence-electron chi connectivity index (χ1n) is 7.32. The number of aliphatic hydroxyl groups is 1. The molecule has 124 valence electrons. The molecule has 0 spiro atoms. The molecule has 3 rings (SSSR count). The fourth-order valence-corrected chi connectivity index (χ4v) is 2.58. The molecular weight excluding hydrogens is 313 g/mol. The molecular formula is C18H16FNO4. The summed E-state index contributed by atoms with van der Waals surface area (Å²) in [5, 5.41) is 20.4. The van der Waals surface area contributed by atoms with Gasteiger partial charge in [0, 0.05) is 11.6 Å². The van der Waals surface area contributed by atoms with E-state index in [1.54, 1.807) is 18.3 Å². The number of benzene rings is 2. The van der Waals surface area contributed by atoms with E-state index in [2.05, 4.69) is 9.87 Å². The maximum absolute atomic E-state index is 13.0. The van der Waals surface area contributed by atoms with Gasteiger partial charge in [-0.25, -0.2) is 4.39 Å². The van der Waals surface area contributed by atoms with Crippen LogP contribution < -0.4 is 4.89 Å². The van der Waals surface area contributed by atoms with Crippen LogP contribution in [0.1, 0.15) is 16.7 Å². The van der Waals surface area contributed by atoms with Gasteiger partial charge in [-0.3, -0.25) is 4.98 Å². The van der Waals surface area contributed by atoms with E-state index >= 15 is 0 Å². The Morgan fingerprint density at radius 2 is 1.88 bits per heavy atom. The van der Waals surface area contributed by atoms with Gasteiger partial charge in [-0.05, 0) is 47.4 Å². The maximum Gasteiger partial charge on any atom is 0.209 e. The van der Waals surface area contributed by atoms with Crippen LogP contribution in [0.25, 0.3) is 10.9 Å². The highest BCUT2D eigenvalue weighted by Gasteiger charge is 2.15. The first-order valence-corrected chi connectivity index (χ1v) is 7.32. The van der Waals surface area contributed by atoms with Crippen molar-refractivity contribution in [3.63, 3.8) is 0 Å². The number of aliphatic hydroxyl groups excluding tert-OH is 1. The fourth-order valence-electron chi connectivity index (χ4n) is 2.58. The minimum atomic E-state index is -0.284. The molecule has 0 unspecified atom stereocenters. The quantitative estimate of drug-likeness (QED) is 0.556. The van der Waals surface area contributed by atoms with Crippen LogP contribution in [0, 0.1) is 5.82 Å². The number of hydrogen-bond donors (Lipinski definition) is 2. The number of aromatic hydroxyl groups is 1. The van der Waals surface area contributed by atoms with Gasteiger partial charge in [0.05, 0.1) is 13.7 Å². The highest BCUT2D eigenvalue weighted by atomic mass is 19.1. The monoisotopic (exact) mass is 329 g/mol. The van der Waals surface area contributed by atoms with E-state index in [0.717, 1.165) is 11.1 Å². The van der Waals surface area contributed by atoms with Crippen molar-refractivity contribution in [2.45, 2.75) is 13.0 Å². The molecule has 0 fully saturated rings. The number of halogens is 1. The number of fused-ring (bicyclic) bond motifs is 1. The van der Waals surface area contributed by atoms with Gasteiger partial charge >= 0.3 is 0 Å². The summed E-state index contributed by atoms with van der Waals surface area (Å²) < 4.78 is 13.0. The zero-order valence-corrected chi connectivity index (χ0v) is 13.0. The molecule has 0 aliphatic rings. The van der Waals surface area contributed by atoms with Crippen LogP contribution in [0.4, 0.5) is 4.39 Å². The number of phenols is 1. The molecule has 0 aliphatic carbocycles. The number of nitrogens with zero attached hydrogens (tertiary/aromatic N) is 1. The molecule has 3 aromatic rings.